The molecule has 0 amide bonds. The predicted octanol–water partition coefficient (Wildman–Crippen LogP) is 2.60. The van der Waals surface area contributed by atoms with E-state index in [1.807, 2.05) is 30.3 Å². The van der Waals surface area contributed by atoms with Crippen molar-refractivity contribution in [3.63, 3.8) is 0 Å². The summed E-state index contributed by atoms with van der Waals surface area (Å²) < 4.78 is 23.1. The van der Waals surface area contributed by atoms with E-state index in [1.165, 1.54) is 0 Å². The maximum Gasteiger partial charge on any atom is 0.288 e. The van der Waals surface area contributed by atoms with Crippen molar-refractivity contribution in [2.24, 2.45) is 0 Å². The zero-order valence-electron chi connectivity index (χ0n) is 11.2. The number of anilines is 1. The Balaban J connectivity index is 1.64. The molecule has 3 aromatic rings. The largest absolute Gasteiger partial charge is 0.493 e. The summed E-state index contributed by atoms with van der Waals surface area (Å²) in [5, 5.41) is 0.201. The second-order valence-electron chi connectivity index (χ2n) is 4.42. The van der Waals surface area contributed by atoms with E-state index in [0.717, 1.165) is 5.75 Å². The maximum atomic E-state index is 12.1. The molecule has 0 aliphatic rings. The molecule has 5 nitrogen and oxygen atoms in total. The van der Waals surface area contributed by atoms with Gasteiger partial charge >= 0.3 is 0 Å². The van der Waals surface area contributed by atoms with Crippen molar-refractivity contribution in [1.29, 1.82) is 0 Å². The molecule has 21 heavy (non-hydrogen) atoms. The first-order chi connectivity index (χ1) is 10.2. The molecule has 0 saturated carbocycles. The van der Waals surface area contributed by atoms with Gasteiger partial charge in [0.2, 0.25) is 0 Å². The second-order valence-corrected chi connectivity index (χ2v) is 5.87. The summed E-state index contributed by atoms with van der Waals surface area (Å²) in [6.07, 6.45) is 0. The molecule has 0 bridgehead atoms. The van der Waals surface area contributed by atoms with Crippen molar-refractivity contribution in [2.75, 3.05) is 18.1 Å². The van der Waals surface area contributed by atoms with Crippen LogP contribution >= 0.6 is 0 Å². The number of para-hydroxylation sites is 1. The van der Waals surface area contributed by atoms with Gasteiger partial charge in [0.05, 0.1) is 5.75 Å². The number of fused-ring (bicyclic) bond motifs is 1. The van der Waals surface area contributed by atoms with Gasteiger partial charge in [-0.2, -0.15) is 0 Å². The van der Waals surface area contributed by atoms with Gasteiger partial charge in [0, 0.05) is 11.8 Å². The molecule has 2 N–H and O–H groups in total. The Labute approximate surface area is 124 Å². The molecule has 0 spiro atoms. The van der Waals surface area contributed by atoms with Crippen LogP contribution in [0, 0.1) is 0 Å². The van der Waals surface area contributed by atoms with Crippen LogP contribution in [0.5, 0.6) is 5.75 Å². The Morgan fingerprint density at radius 3 is 2.81 bits per heavy atom. The lowest BCUT2D eigenvalue weighted by Crippen LogP contribution is -2.08. The van der Waals surface area contributed by atoms with Crippen molar-refractivity contribution in [3.05, 3.63) is 48.5 Å². The monoisotopic (exact) mass is 302 g/mol. The summed E-state index contributed by atoms with van der Waals surface area (Å²) in [5.74, 6) is 1.07. The van der Waals surface area contributed by atoms with Gasteiger partial charge in [-0.15, -0.1) is 0 Å². The van der Waals surface area contributed by atoms with Crippen LogP contribution in [0.1, 0.15) is 0 Å². The molecule has 1 aromatic heterocycles. The number of nitrogen functional groups attached to an aromatic ring is 1. The van der Waals surface area contributed by atoms with Gasteiger partial charge in [-0.1, -0.05) is 18.2 Å². The molecule has 0 aliphatic carbocycles. The van der Waals surface area contributed by atoms with E-state index >= 15 is 0 Å². The van der Waals surface area contributed by atoms with Crippen LogP contribution in [-0.2, 0) is 10.8 Å². The minimum absolute atomic E-state index is 0.201. The van der Waals surface area contributed by atoms with Crippen LogP contribution in [0.25, 0.3) is 11.1 Å². The number of aromatic nitrogens is 1. The first-order valence-electron chi connectivity index (χ1n) is 6.45. The molecule has 1 atom stereocenters. The smallest absolute Gasteiger partial charge is 0.288 e. The third kappa shape index (κ3) is 3.22. The SMILES string of the molecule is Nc1ccc2nc(S(=O)CCOc3ccccc3)oc2c1. The van der Waals surface area contributed by atoms with Gasteiger partial charge in [-0.25, -0.2) is 9.19 Å². The zero-order chi connectivity index (χ0) is 14.7. The Kier molecular flexibility index (Phi) is 3.87. The van der Waals surface area contributed by atoms with E-state index < -0.39 is 10.8 Å². The summed E-state index contributed by atoms with van der Waals surface area (Å²) in [6, 6.07) is 14.5. The summed E-state index contributed by atoms with van der Waals surface area (Å²) in [7, 11) is -1.34. The lowest BCUT2D eigenvalue weighted by molar-refractivity contribution is 0.341. The highest BCUT2D eigenvalue weighted by atomic mass is 32.2. The number of rotatable bonds is 5. The van der Waals surface area contributed by atoms with Gasteiger partial charge in [0.1, 0.15) is 28.7 Å². The Hall–Kier alpha value is -2.34. The minimum atomic E-state index is -1.34. The zero-order valence-corrected chi connectivity index (χ0v) is 12.0. The number of benzene rings is 2. The van der Waals surface area contributed by atoms with Gasteiger partial charge in [-0.05, 0) is 24.3 Å². The lowest BCUT2D eigenvalue weighted by Gasteiger charge is -2.03. The van der Waals surface area contributed by atoms with Crippen LogP contribution in [0.4, 0.5) is 5.69 Å². The normalized spacial score (nSPS) is 12.4. The molecular formula is C15H14N2O3S. The molecule has 0 saturated heterocycles. The average Bonchev–Trinajstić information content (AvgIpc) is 2.91. The van der Waals surface area contributed by atoms with Crippen LogP contribution in [-0.4, -0.2) is 21.6 Å². The molecule has 6 heteroatoms. The van der Waals surface area contributed by atoms with Crippen LogP contribution in [0.3, 0.4) is 0 Å². The fourth-order valence-electron chi connectivity index (χ4n) is 1.86. The quantitative estimate of drug-likeness (QED) is 0.733. The maximum absolute atomic E-state index is 12.1. The van der Waals surface area contributed by atoms with Crippen molar-refractivity contribution < 1.29 is 13.4 Å². The summed E-state index contributed by atoms with van der Waals surface area (Å²) in [4.78, 5) is 4.20. The molecule has 108 valence electrons. The summed E-state index contributed by atoms with van der Waals surface area (Å²) in [6.45, 7) is 0.331. The van der Waals surface area contributed by atoms with E-state index in [-0.39, 0.29) is 5.22 Å². The Bertz CT molecular complexity index is 771. The van der Waals surface area contributed by atoms with Gasteiger partial charge in [0.25, 0.3) is 5.22 Å². The van der Waals surface area contributed by atoms with Crippen LogP contribution in [0.15, 0.2) is 58.2 Å². The number of nitrogens with zero attached hydrogens (tertiary/aromatic N) is 1. The summed E-state index contributed by atoms with van der Waals surface area (Å²) >= 11 is 0. The van der Waals surface area contributed by atoms with Crippen LogP contribution < -0.4 is 10.5 Å². The van der Waals surface area contributed by atoms with Gasteiger partial charge in [0.15, 0.2) is 5.58 Å². The van der Waals surface area contributed by atoms with Gasteiger partial charge in [-0.3, -0.25) is 0 Å². The number of oxazole rings is 1. The summed E-state index contributed by atoms with van der Waals surface area (Å²) in [5.41, 5.74) is 7.45. The molecule has 1 heterocycles. The van der Waals surface area contributed by atoms with Gasteiger partial charge < -0.3 is 14.9 Å². The molecule has 1 unspecified atom stereocenters. The molecule has 0 aliphatic heterocycles. The minimum Gasteiger partial charge on any atom is -0.493 e. The lowest BCUT2D eigenvalue weighted by atomic mass is 10.3. The molecular weight excluding hydrogens is 288 g/mol. The fourth-order valence-corrected chi connectivity index (χ4v) is 2.65. The highest BCUT2D eigenvalue weighted by molar-refractivity contribution is 7.84. The number of hydrogen-bond donors (Lipinski definition) is 1. The first-order valence-corrected chi connectivity index (χ1v) is 7.76. The Morgan fingerprint density at radius 2 is 2.00 bits per heavy atom. The van der Waals surface area contributed by atoms with Crippen molar-refractivity contribution in [3.8, 4) is 5.75 Å². The number of hydrogen-bond acceptors (Lipinski definition) is 5. The van der Waals surface area contributed by atoms with Crippen molar-refractivity contribution in [2.45, 2.75) is 5.22 Å². The van der Waals surface area contributed by atoms with E-state index in [1.54, 1.807) is 18.2 Å². The standard InChI is InChI=1S/C15H14N2O3S/c16-11-6-7-13-14(10-11)20-15(17-13)21(18)9-8-19-12-4-2-1-3-5-12/h1-7,10H,8-9,16H2. The van der Waals surface area contributed by atoms with Crippen molar-refractivity contribution >= 4 is 27.6 Å². The van der Waals surface area contributed by atoms with E-state index in [2.05, 4.69) is 4.98 Å². The van der Waals surface area contributed by atoms with E-state index in [0.29, 0.717) is 29.1 Å². The van der Waals surface area contributed by atoms with Crippen molar-refractivity contribution in [1.82, 2.24) is 4.98 Å². The third-order valence-corrected chi connectivity index (χ3v) is 3.97. The second kappa shape index (κ2) is 5.97. The molecule has 3 rings (SSSR count). The molecule has 2 aromatic carbocycles. The number of nitrogens with two attached hydrogens (primary N) is 1. The average molecular weight is 302 g/mol. The number of ether oxygens (including phenoxy) is 1. The van der Waals surface area contributed by atoms with E-state index in [4.69, 9.17) is 14.9 Å². The van der Waals surface area contributed by atoms with E-state index in [9.17, 15) is 4.21 Å². The fraction of sp³-hybridized carbons (Fsp3) is 0.133. The first kappa shape index (κ1) is 13.6. The third-order valence-electron chi connectivity index (χ3n) is 2.87. The molecule has 0 fully saturated rings. The van der Waals surface area contributed by atoms with Crippen LogP contribution in [0.2, 0.25) is 0 Å². The highest BCUT2D eigenvalue weighted by Crippen LogP contribution is 2.20. The predicted molar refractivity (Wildman–Crippen MR) is 81.6 cm³/mol. The highest BCUT2D eigenvalue weighted by Gasteiger charge is 2.13. The molecule has 0 radical (unpaired) electrons. The Morgan fingerprint density at radius 1 is 1.19 bits per heavy atom. The topological polar surface area (TPSA) is 78.3 Å².